The van der Waals surface area contributed by atoms with Crippen molar-refractivity contribution in [1.29, 1.82) is 0 Å². The molecule has 0 aromatic heterocycles. The van der Waals surface area contributed by atoms with Crippen LogP contribution < -0.4 is 5.32 Å². The topological polar surface area (TPSA) is 175 Å². The molecule has 1 aliphatic rings. The van der Waals surface area contributed by atoms with E-state index in [4.69, 9.17) is 14.2 Å². The Hall–Kier alpha value is -2.64. The van der Waals surface area contributed by atoms with Gasteiger partial charge in [-0.05, 0) is 44.9 Å². The molecule has 8 unspecified atom stereocenters. The maximum absolute atomic E-state index is 13.3. The van der Waals surface area contributed by atoms with Crippen molar-refractivity contribution in [1.82, 2.24) is 5.32 Å². The SMILES string of the molecule is CC/C=C/C=C/C=C\C=C/CCCCC(O)C(=O)NC(COC1OC(CO)C(O)C(O)C1OC(=O)CCCCCCCCCCCCCCCCCCC)C(O)/C=C/CCCCCCCCCCC. The molecule has 0 aromatic rings. The summed E-state index contributed by atoms with van der Waals surface area (Å²) in [5, 5.41) is 56.6. The molecule has 0 aromatic carbocycles. The Morgan fingerprint density at radius 1 is 0.580 bits per heavy atom. The lowest BCUT2D eigenvalue weighted by Crippen LogP contribution is -2.61. The van der Waals surface area contributed by atoms with E-state index in [9.17, 15) is 35.1 Å². The van der Waals surface area contributed by atoms with Crippen molar-refractivity contribution in [3.8, 4) is 0 Å². The highest BCUT2D eigenvalue weighted by atomic mass is 16.7. The summed E-state index contributed by atoms with van der Waals surface area (Å²) in [5.41, 5.74) is 0. The van der Waals surface area contributed by atoms with Crippen molar-refractivity contribution >= 4 is 11.9 Å². The zero-order valence-electron chi connectivity index (χ0n) is 43.9. The smallest absolute Gasteiger partial charge is 0.306 e. The summed E-state index contributed by atoms with van der Waals surface area (Å²) < 4.78 is 17.5. The van der Waals surface area contributed by atoms with Gasteiger partial charge >= 0.3 is 5.97 Å². The number of ether oxygens (including phenoxy) is 3. The minimum atomic E-state index is -1.62. The van der Waals surface area contributed by atoms with Crippen LogP contribution in [0.1, 0.15) is 233 Å². The van der Waals surface area contributed by atoms with E-state index in [-0.39, 0.29) is 19.4 Å². The maximum atomic E-state index is 13.3. The van der Waals surface area contributed by atoms with E-state index in [1.54, 1.807) is 6.08 Å². The molecule has 400 valence electrons. The molecule has 1 fully saturated rings. The van der Waals surface area contributed by atoms with Crippen LogP contribution in [-0.2, 0) is 23.8 Å². The summed E-state index contributed by atoms with van der Waals surface area (Å²) in [6.45, 7) is 5.60. The van der Waals surface area contributed by atoms with Gasteiger partial charge in [0.2, 0.25) is 5.91 Å². The Labute approximate surface area is 420 Å². The van der Waals surface area contributed by atoms with Gasteiger partial charge < -0.3 is 45.1 Å². The van der Waals surface area contributed by atoms with Crippen molar-refractivity contribution in [2.75, 3.05) is 13.2 Å². The van der Waals surface area contributed by atoms with Gasteiger partial charge in [-0.1, -0.05) is 242 Å². The van der Waals surface area contributed by atoms with Gasteiger partial charge in [0.25, 0.3) is 0 Å². The Morgan fingerprint density at radius 3 is 1.57 bits per heavy atom. The number of unbranched alkanes of at least 4 members (excludes halogenated alkanes) is 27. The molecule has 8 atom stereocenters. The monoisotopic (exact) mass is 974 g/mol. The highest BCUT2D eigenvalue weighted by Gasteiger charge is 2.47. The van der Waals surface area contributed by atoms with Gasteiger partial charge in [0, 0.05) is 6.42 Å². The highest BCUT2D eigenvalue weighted by Crippen LogP contribution is 2.26. The zero-order valence-corrected chi connectivity index (χ0v) is 43.9. The van der Waals surface area contributed by atoms with E-state index in [2.05, 4.69) is 32.2 Å². The number of esters is 1. The molecule has 0 saturated carbocycles. The Morgan fingerprint density at radius 2 is 1.04 bits per heavy atom. The normalized spacial score (nSPS) is 20.3. The van der Waals surface area contributed by atoms with Crippen molar-refractivity contribution in [3.05, 3.63) is 60.8 Å². The first kappa shape index (κ1) is 64.4. The van der Waals surface area contributed by atoms with Crippen molar-refractivity contribution < 1.29 is 49.3 Å². The van der Waals surface area contributed by atoms with Crippen LogP contribution in [0.2, 0.25) is 0 Å². The molecule has 1 rings (SSSR count). The second-order valence-corrected chi connectivity index (χ2v) is 19.4. The standard InChI is InChI=1S/C58H103NO10/c1-4-7-10-13-16-19-22-24-25-26-27-28-31-34-37-40-43-46-53(63)69-56-55(65)54(64)52(47-60)68-58(56)67-48-49(50(61)44-41-38-35-32-29-21-18-15-12-9-6-3)59-57(66)51(62)45-42-39-36-33-30-23-20-17-14-11-8-5-2/h8,11,14,17,20,23,30,33,41,44,49-52,54-56,58,60-62,64-65H,4-7,9-10,12-13,15-16,18-19,21-22,24-29,31-32,34-40,42-43,45-48H2,1-3H3,(H,59,66)/b11-8+,17-14+,23-20-,33-30-,44-41+. The van der Waals surface area contributed by atoms with Gasteiger partial charge in [-0.2, -0.15) is 0 Å². The molecule has 11 nitrogen and oxygen atoms in total. The number of amides is 1. The molecule has 11 heteroatoms. The van der Waals surface area contributed by atoms with E-state index in [0.29, 0.717) is 12.8 Å². The highest BCUT2D eigenvalue weighted by molar-refractivity contribution is 5.80. The third-order valence-corrected chi connectivity index (χ3v) is 13.0. The largest absolute Gasteiger partial charge is 0.454 e. The summed E-state index contributed by atoms with van der Waals surface area (Å²) in [4.78, 5) is 26.4. The summed E-state index contributed by atoms with van der Waals surface area (Å²) >= 11 is 0. The lowest BCUT2D eigenvalue weighted by atomic mass is 9.99. The fraction of sp³-hybridized carbons (Fsp3) is 0.793. The van der Waals surface area contributed by atoms with Crippen LogP contribution in [0.4, 0.5) is 0 Å². The van der Waals surface area contributed by atoms with Crippen LogP contribution in [-0.4, -0.2) is 99.6 Å². The average molecular weight is 974 g/mol. The van der Waals surface area contributed by atoms with E-state index in [1.807, 2.05) is 48.6 Å². The molecule has 0 bridgehead atoms. The number of nitrogens with one attached hydrogen (secondary N) is 1. The Bertz CT molecular complexity index is 1350. The molecule has 0 spiro atoms. The Balaban J connectivity index is 2.73. The molecular weight excluding hydrogens is 871 g/mol. The zero-order chi connectivity index (χ0) is 50.4. The second kappa shape index (κ2) is 46.4. The number of hydrogen-bond acceptors (Lipinski definition) is 10. The van der Waals surface area contributed by atoms with Gasteiger partial charge in [-0.25, -0.2) is 0 Å². The second-order valence-electron chi connectivity index (χ2n) is 19.4. The minimum absolute atomic E-state index is 0.120. The molecule has 0 aliphatic carbocycles. The fourth-order valence-electron chi connectivity index (χ4n) is 8.54. The number of aliphatic hydroxyl groups excluding tert-OH is 5. The molecule has 6 N–H and O–H groups in total. The van der Waals surface area contributed by atoms with Crippen LogP contribution >= 0.6 is 0 Å². The molecule has 1 amide bonds. The first-order chi connectivity index (χ1) is 33.7. The lowest BCUT2D eigenvalue weighted by Gasteiger charge is -2.41. The predicted molar refractivity (Wildman–Crippen MR) is 283 cm³/mol. The van der Waals surface area contributed by atoms with Gasteiger partial charge in [0.15, 0.2) is 12.4 Å². The van der Waals surface area contributed by atoms with E-state index in [1.165, 1.54) is 122 Å². The first-order valence-electron chi connectivity index (χ1n) is 28.1. The van der Waals surface area contributed by atoms with Crippen LogP contribution in [0.15, 0.2) is 60.8 Å². The fourth-order valence-corrected chi connectivity index (χ4v) is 8.54. The van der Waals surface area contributed by atoms with Crippen molar-refractivity contribution in [2.45, 2.75) is 282 Å². The average Bonchev–Trinajstić information content (AvgIpc) is 3.34. The number of carbonyl (C=O) groups excluding carboxylic acids is 2. The van der Waals surface area contributed by atoms with Crippen molar-refractivity contribution in [2.24, 2.45) is 0 Å². The third-order valence-electron chi connectivity index (χ3n) is 13.0. The van der Waals surface area contributed by atoms with Crippen LogP contribution in [0.3, 0.4) is 0 Å². The first-order valence-corrected chi connectivity index (χ1v) is 28.1. The molecule has 69 heavy (non-hydrogen) atoms. The number of allylic oxidation sites excluding steroid dienone is 9. The number of aliphatic hydroxyl groups is 5. The number of rotatable bonds is 46. The van der Waals surface area contributed by atoms with Crippen LogP contribution in [0.5, 0.6) is 0 Å². The number of hydrogen-bond donors (Lipinski definition) is 6. The molecule has 1 aliphatic heterocycles. The van der Waals surface area contributed by atoms with E-state index >= 15 is 0 Å². The summed E-state index contributed by atoms with van der Waals surface area (Å²) in [6, 6.07) is -1.04. The van der Waals surface area contributed by atoms with Gasteiger partial charge in [0.05, 0.1) is 25.4 Å². The minimum Gasteiger partial charge on any atom is -0.454 e. The van der Waals surface area contributed by atoms with Gasteiger partial charge in [-0.15, -0.1) is 0 Å². The summed E-state index contributed by atoms with van der Waals surface area (Å²) in [5.74, 6) is -1.23. The summed E-state index contributed by atoms with van der Waals surface area (Å²) in [6.07, 6.45) is 45.6. The maximum Gasteiger partial charge on any atom is 0.306 e. The Kier molecular flexibility index (Phi) is 43.3. The quantitative estimate of drug-likeness (QED) is 0.0149. The molecule has 1 heterocycles. The summed E-state index contributed by atoms with van der Waals surface area (Å²) in [7, 11) is 0. The van der Waals surface area contributed by atoms with Crippen LogP contribution in [0, 0.1) is 0 Å². The van der Waals surface area contributed by atoms with Gasteiger partial charge in [-0.3, -0.25) is 9.59 Å². The lowest BCUT2D eigenvalue weighted by molar-refractivity contribution is -0.305. The third kappa shape index (κ3) is 35.2. The van der Waals surface area contributed by atoms with E-state index < -0.39 is 67.4 Å². The van der Waals surface area contributed by atoms with E-state index in [0.717, 1.165) is 64.2 Å². The van der Waals surface area contributed by atoms with Crippen LogP contribution in [0.25, 0.3) is 0 Å². The molecular formula is C58H103NO10. The molecule has 0 radical (unpaired) electrons. The number of carbonyl (C=O) groups is 2. The van der Waals surface area contributed by atoms with Crippen molar-refractivity contribution in [3.63, 3.8) is 0 Å². The van der Waals surface area contributed by atoms with Gasteiger partial charge in [0.1, 0.15) is 24.4 Å². The predicted octanol–water partition coefficient (Wildman–Crippen LogP) is 12.3. The molecule has 1 saturated heterocycles.